The van der Waals surface area contributed by atoms with Gasteiger partial charge in [-0.15, -0.1) is 0 Å². The Kier molecular flexibility index (Phi) is 5.42. The first-order valence-corrected chi connectivity index (χ1v) is 9.06. The zero-order valence-corrected chi connectivity index (χ0v) is 13.5. The van der Waals surface area contributed by atoms with E-state index in [0.29, 0.717) is 12.2 Å². The lowest BCUT2D eigenvalue weighted by atomic mass is 10.2. The number of benzene rings is 1. The number of nitrogens with zero attached hydrogens (tertiary/aromatic N) is 1. The molecule has 0 radical (unpaired) electrons. The molecule has 0 aliphatic carbocycles. The third kappa shape index (κ3) is 3.78. The topological polar surface area (TPSA) is 86.7 Å². The van der Waals surface area contributed by atoms with Crippen molar-refractivity contribution in [3.05, 3.63) is 23.8 Å². The number of aromatic carboxylic acids is 1. The molecule has 1 aromatic rings. The van der Waals surface area contributed by atoms with Crippen LogP contribution in [0, 0.1) is 0 Å². The predicted molar refractivity (Wildman–Crippen MR) is 84.9 cm³/mol. The second kappa shape index (κ2) is 7.11. The second-order valence-electron chi connectivity index (χ2n) is 5.43. The van der Waals surface area contributed by atoms with Crippen LogP contribution in [0.2, 0.25) is 0 Å². The van der Waals surface area contributed by atoms with Gasteiger partial charge in [0.1, 0.15) is 4.90 Å². The van der Waals surface area contributed by atoms with E-state index in [1.807, 2.05) is 11.8 Å². The summed E-state index contributed by atoms with van der Waals surface area (Å²) in [5, 5.41) is 9.12. The van der Waals surface area contributed by atoms with Gasteiger partial charge >= 0.3 is 5.97 Å². The Bertz CT molecular complexity index is 637. The maximum Gasteiger partial charge on any atom is 0.335 e. The van der Waals surface area contributed by atoms with Gasteiger partial charge in [-0.05, 0) is 37.5 Å². The number of carboxylic acid groups (broad SMARTS) is 1. The van der Waals surface area contributed by atoms with Crippen LogP contribution in [-0.4, -0.2) is 39.1 Å². The van der Waals surface area contributed by atoms with Crippen LogP contribution in [0.4, 0.5) is 5.69 Å². The van der Waals surface area contributed by atoms with Crippen LogP contribution in [0.3, 0.4) is 0 Å². The molecule has 0 amide bonds. The average Bonchev–Trinajstić information content (AvgIpc) is 3.00. The Balaban J connectivity index is 2.40. The quantitative estimate of drug-likeness (QED) is 0.749. The van der Waals surface area contributed by atoms with Crippen LogP contribution < -0.4 is 9.62 Å². The van der Waals surface area contributed by atoms with E-state index in [0.717, 1.165) is 38.8 Å². The molecule has 0 unspecified atom stereocenters. The van der Waals surface area contributed by atoms with Gasteiger partial charge in [0.15, 0.2) is 0 Å². The van der Waals surface area contributed by atoms with Crippen LogP contribution in [0.15, 0.2) is 23.1 Å². The fraction of sp³-hybridized carbons (Fsp3) is 0.533. The van der Waals surface area contributed by atoms with Gasteiger partial charge in [-0.25, -0.2) is 17.9 Å². The van der Waals surface area contributed by atoms with E-state index in [1.165, 1.54) is 12.1 Å². The Labute approximate surface area is 131 Å². The summed E-state index contributed by atoms with van der Waals surface area (Å²) in [6.45, 7) is 3.93. The number of anilines is 1. The van der Waals surface area contributed by atoms with Gasteiger partial charge in [0.05, 0.1) is 11.3 Å². The molecule has 1 aromatic carbocycles. The minimum absolute atomic E-state index is 0.0150. The van der Waals surface area contributed by atoms with E-state index in [2.05, 4.69) is 4.72 Å². The van der Waals surface area contributed by atoms with Gasteiger partial charge in [-0.2, -0.15) is 0 Å². The van der Waals surface area contributed by atoms with Gasteiger partial charge < -0.3 is 10.0 Å². The SMILES string of the molecule is CCCCNS(=O)(=O)c1cc(C(=O)O)ccc1N1CCCC1. The zero-order valence-electron chi connectivity index (χ0n) is 12.7. The van der Waals surface area contributed by atoms with Crippen molar-refractivity contribution in [2.24, 2.45) is 0 Å². The van der Waals surface area contributed by atoms with Crippen LogP contribution >= 0.6 is 0 Å². The fourth-order valence-electron chi connectivity index (χ4n) is 2.54. The lowest BCUT2D eigenvalue weighted by molar-refractivity contribution is 0.0696. The normalized spacial score (nSPS) is 15.2. The Morgan fingerprint density at radius 3 is 2.59 bits per heavy atom. The second-order valence-corrected chi connectivity index (χ2v) is 7.17. The summed E-state index contributed by atoms with van der Waals surface area (Å²) < 4.78 is 27.6. The lowest BCUT2D eigenvalue weighted by Crippen LogP contribution is -2.28. The van der Waals surface area contributed by atoms with E-state index in [4.69, 9.17) is 5.11 Å². The highest BCUT2D eigenvalue weighted by atomic mass is 32.2. The molecule has 22 heavy (non-hydrogen) atoms. The Hall–Kier alpha value is -1.60. The number of carbonyl (C=O) groups is 1. The van der Waals surface area contributed by atoms with Crippen molar-refractivity contribution in [1.82, 2.24) is 4.72 Å². The summed E-state index contributed by atoms with van der Waals surface area (Å²) >= 11 is 0. The molecular weight excluding hydrogens is 304 g/mol. The third-order valence-electron chi connectivity index (χ3n) is 3.77. The fourth-order valence-corrected chi connectivity index (χ4v) is 3.87. The highest BCUT2D eigenvalue weighted by Crippen LogP contribution is 2.29. The zero-order chi connectivity index (χ0) is 16.2. The molecule has 1 aliphatic heterocycles. The molecule has 0 saturated carbocycles. The first-order chi connectivity index (χ1) is 10.5. The monoisotopic (exact) mass is 326 g/mol. The molecule has 2 rings (SSSR count). The molecule has 0 atom stereocenters. The molecule has 0 spiro atoms. The van der Waals surface area contributed by atoms with E-state index in [1.54, 1.807) is 6.07 Å². The molecule has 2 N–H and O–H groups in total. The van der Waals surface area contributed by atoms with Crippen LogP contribution in [0.1, 0.15) is 43.0 Å². The standard InChI is InChI=1S/C15H22N2O4S/c1-2-3-8-16-22(20,21)14-11-12(15(18)19)6-7-13(14)17-9-4-5-10-17/h6-7,11,16H,2-5,8-10H2,1H3,(H,18,19). The number of rotatable bonds is 7. The van der Waals surface area contributed by atoms with Crippen molar-refractivity contribution in [2.45, 2.75) is 37.5 Å². The molecule has 6 nitrogen and oxygen atoms in total. The largest absolute Gasteiger partial charge is 0.478 e. The molecule has 1 aliphatic rings. The molecule has 1 heterocycles. The minimum atomic E-state index is -3.71. The Morgan fingerprint density at radius 2 is 2.00 bits per heavy atom. The van der Waals surface area contributed by atoms with Crippen molar-refractivity contribution >= 4 is 21.7 Å². The number of nitrogens with one attached hydrogen (secondary N) is 1. The molecule has 1 saturated heterocycles. The summed E-state index contributed by atoms with van der Waals surface area (Å²) in [5.74, 6) is -1.13. The molecule has 0 bridgehead atoms. The summed E-state index contributed by atoms with van der Waals surface area (Å²) in [6, 6.07) is 4.31. The molecule has 1 fully saturated rings. The van der Waals surface area contributed by atoms with Gasteiger partial charge in [-0.1, -0.05) is 13.3 Å². The van der Waals surface area contributed by atoms with Crippen LogP contribution in [0.25, 0.3) is 0 Å². The van der Waals surface area contributed by atoms with E-state index in [9.17, 15) is 13.2 Å². The highest BCUT2D eigenvalue weighted by Gasteiger charge is 2.25. The van der Waals surface area contributed by atoms with Crippen LogP contribution in [-0.2, 0) is 10.0 Å². The third-order valence-corrected chi connectivity index (χ3v) is 5.26. The maximum absolute atomic E-state index is 12.5. The average molecular weight is 326 g/mol. The van der Waals surface area contributed by atoms with Gasteiger partial charge in [-0.3, -0.25) is 0 Å². The molecule has 7 heteroatoms. The van der Waals surface area contributed by atoms with E-state index in [-0.39, 0.29) is 10.5 Å². The van der Waals surface area contributed by atoms with Crippen LogP contribution in [0.5, 0.6) is 0 Å². The first-order valence-electron chi connectivity index (χ1n) is 7.57. The van der Waals surface area contributed by atoms with E-state index < -0.39 is 16.0 Å². The van der Waals surface area contributed by atoms with Crippen molar-refractivity contribution < 1.29 is 18.3 Å². The molecular formula is C15H22N2O4S. The van der Waals surface area contributed by atoms with Gasteiger partial charge in [0, 0.05) is 19.6 Å². The first kappa shape index (κ1) is 16.8. The van der Waals surface area contributed by atoms with Gasteiger partial charge in [0.2, 0.25) is 10.0 Å². The maximum atomic E-state index is 12.5. The Morgan fingerprint density at radius 1 is 1.32 bits per heavy atom. The predicted octanol–water partition coefficient (Wildman–Crippen LogP) is 2.06. The number of hydrogen-bond donors (Lipinski definition) is 2. The lowest BCUT2D eigenvalue weighted by Gasteiger charge is -2.21. The van der Waals surface area contributed by atoms with Crippen molar-refractivity contribution in [2.75, 3.05) is 24.5 Å². The number of sulfonamides is 1. The van der Waals surface area contributed by atoms with Crippen molar-refractivity contribution in [3.8, 4) is 0 Å². The molecule has 0 aromatic heterocycles. The highest BCUT2D eigenvalue weighted by molar-refractivity contribution is 7.89. The number of carboxylic acids is 1. The van der Waals surface area contributed by atoms with Crippen molar-refractivity contribution in [1.29, 1.82) is 0 Å². The number of hydrogen-bond acceptors (Lipinski definition) is 4. The smallest absolute Gasteiger partial charge is 0.335 e. The summed E-state index contributed by atoms with van der Waals surface area (Å²) in [7, 11) is -3.71. The molecule has 122 valence electrons. The van der Waals surface area contributed by atoms with Gasteiger partial charge in [0.25, 0.3) is 0 Å². The summed E-state index contributed by atoms with van der Waals surface area (Å²) in [4.78, 5) is 13.2. The van der Waals surface area contributed by atoms with E-state index >= 15 is 0 Å². The summed E-state index contributed by atoms with van der Waals surface area (Å²) in [6.07, 6.45) is 3.67. The van der Waals surface area contributed by atoms with Crippen molar-refractivity contribution in [3.63, 3.8) is 0 Å². The number of unbranched alkanes of at least 4 members (excludes halogenated alkanes) is 1. The summed E-state index contributed by atoms with van der Waals surface area (Å²) in [5.41, 5.74) is 0.574. The minimum Gasteiger partial charge on any atom is -0.478 e.